The number of rotatable bonds is 3. The van der Waals surface area contributed by atoms with Crippen LogP contribution in [0.25, 0.3) is 0 Å². The maximum absolute atomic E-state index is 12.4. The Morgan fingerprint density at radius 3 is 2.40 bits per heavy atom. The fourth-order valence-electron chi connectivity index (χ4n) is 4.06. The van der Waals surface area contributed by atoms with E-state index in [1.54, 1.807) is 0 Å². The average Bonchev–Trinajstić information content (AvgIpc) is 3.03. The van der Waals surface area contributed by atoms with Crippen molar-refractivity contribution < 1.29 is 4.79 Å². The van der Waals surface area contributed by atoms with Crippen molar-refractivity contribution in [2.45, 2.75) is 51.0 Å². The van der Waals surface area contributed by atoms with Crippen LogP contribution in [-0.2, 0) is 4.79 Å². The number of amides is 1. The van der Waals surface area contributed by atoms with Gasteiger partial charge < -0.3 is 15.1 Å². The largest absolute Gasteiger partial charge is 0.343 e. The lowest BCUT2D eigenvalue weighted by atomic mass is 9.95. The molecule has 1 amide bonds. The van der Waals surface area contributed by atoms with Gasteiger partial charge in [0.05, 0.1) is 0 Å². The Hall–Kier alpha value is -0.610. The first-order valence-electron chi connectivity index (χ1n) is 8.55. The molecule has 1 atom stereocenters. The fourth-order valence-corrected chi connectivity index (χ4v) is 4.06. The van der Waals surface area contributed by atoms with Gasteiger partial charge in [0.2, 0.25) is 5.91 Å². The standard InChI is InChI=1S/C16H29N3O/c20-16(12-14-4-3-7-17-13-14)19-10-5-15(6-11-19)18-8-1-2-9-18/h14-15,17H,1-13H2. The van der Waals surface area contributed by atoms with Gasteiger partial charge in [-0.25, -0.2) is 0 Å². The van der Waals surface area contributed by atoms with E-state index in [2.05, 4.69) is 15.1 Å². The fraction of sp³-hybridized carbons (Fsp3) is 0.938. The summed E-state index contributed by atoms with van der Waals surface area (Å²) in [5, 5.41) is 3.41. The van der Waals surface area contributed by atoms with Crippen molar-refractivity contribution in [1.29, 1.82) is 0 Å². The van der Waals surface area contributed by atoms with E-state index in [0.29, 0.717) is 11.8 Å². The highest BCUT2D eigenvalue weighted by atomic mass is 16.2. The number of carbonyl (C=O) groups excluding carboxylic acids is 1. The molecule has 3 aliphatic rings. The first-order valence-corrected chi connectivity index (χ1v) is 8.55. The highest BCUT2D eigenvalue weighted by Crippen LogP contribution is 2.22. The Labute approximate surface area is 122 Å². The number of hydrogen-bond acceptors (Lipinski definition) is 3. The van der Waals surface area contributed by atoms with Crippen LogP contribution in [0.15, 0.2) is 0 Å². The van der Waals surface area contributed by atoms with Crippen LogP contribution < -0.4 is 5.32 Å². The molecule has 1 N–H and O–H groups in total. The van der Waals surface area contributed by atoms with Crippen LogP contribution in [0.5, 0.6) is 0 Å². The SMILES string of the molecule is O=C(CC1CCCNC1)N1CCC(N2CCCC2)CC1. The van der Waals surface area contributed by atoms with E-state index in [1.807, 2.05) is 0 Å². The zero-order chi connectivity index (χ0) is 13.8. The van der Waals surface area contributed by atoms with Crippen LogP contribution in [0, 0.1) is 5.92 Å². The summed E-state index contributed by atoms with van der Waals surface area (Å²) in [6.45, 7) is 6.71. The second-order valence-electron chi connectivity index (χ2n) is 6.77. The van der Waals surface area contributed by atoms with Crippen molar-refractivity contribution in [2.24, 2.45) is 5.92 Å². The Balaban J connectivity index is 1.41. The summed E-state index contributed by atoms with van der Waals surface area (Å²) in [6, 6.07) is 0.748. The van der Waals surface area contributed by atoms with Gasteiger partial charge >= 0.3 is 0 Å². The maximum Gasteiger partial charge on any atom is 0.222 e. The Kier molecular flexibility index (Phi) is 4.94. The molecule has 0 saturated carbocycles. The van der Waals surface area contributed by atoms with Crippen molar-refractivity contribution in [3.63, 3.8) is 0 Å². The summed E-state index contributed by atoms with van der Waals surface area (Å²) in [4.78, 5) is 17.2. The van der Waals surface area contributed by atoms with Crippen LogP contribution in [0.2, 0.25) is 0 Å². The quantitative estimate of drug-likeness (QED) is 0.849. The molecular weight excluding hydrogens is 250 g/mol. The molecule has 3 aliphatic heterocycles. The number of nitrogens with one attached hydrogen (secondary N) is 1. The van der Waals surface area contributed by atoms with Gasteiger partial charge in [0, 0.05) is 25.6 Å². The summed E-state index contributed by atoms with van der Waals surface area (Å²) >= 11 is 0. The predicted molar refractivity (Wildman–Crippen MR) is 80.6 cm³/mol. The molecule has 20 heavy (non-hydrogen) atoms. The Bertz CT molecular complexity index is 314. The Morgan fingerprint density at radius 2 is 1.75 bits per heavy atom. The number of carbonyl (C=O) groups is 1. The molecule has 0 aliphatic carbocycles. The highest BCUT2D eigenvalue weighted by molar-refractivity contribution is 5.76. The molecule has 3 fully saturated rings. The monoisotopic (exact) mass is 279 g/mol. The molecule has 4 nitrogen and oxygen atoms in total. The van der Waals surface area contributed by atoms with Gasteiger partial charge in [-0.3, -0.25) is 4.79 Å². The maximum atomic E-state index is 12.4. The number of likely N-dealkylation sites (tertiary alicyclic amines) is 2. The van der Waals surface area contributed by atoms with Crippen LogP contribution in [-0.4, -0.2) is 61.0 Å². The van der Waals surface area contributed by atoms with Crippen LogP contribution in [0.4, 0.5) is 0 Å². The first kappa shape index (κ1) is 14.3. The van der Waals surface area contributed by atoms with Crippen LogP contribution in [0.3, 0.4) is 0 Å². The topological polar surface area (TPSA) is 35.6 Å². The van der Waals surface area contributed by atoms with Crippen LogP contribution in [0.1, 0.15) is 44.9 Å². The first-order chi connectivity index (χ1) is 9.83. The van der Waals surface area contributed by atoms with Gasteiger partial charge in [0.25, 0.3) is 0 Å². The van der Waals surface area contributed by atoms with E-state index in [4.69, 9.17) is 0 Å². The minimum atomic E-state index is 0.401. The van der Waals surface area contributed by atoms with Gasteiger partial charge in [-0.05, 0) is 70.6 Å². The van der Waals surface area contributed by atoms with E-state index in [1.165, 1.54) is 51.6 Å². The second-order valence-corrected chi connectivity index (χ2v) is 6.77. The smallest absolute Gasteiger partial charge is 0.222 e. The summed E-state index contributed by atoms with van der Waals surface area (Å²) in [6.07, 6.45) is 8.34. The third kappa shape index (κ3) is 3.53. The Morgan fingerprint density at radius 1 is 1.00 bits per heavy atom. The molecule has 0 aromatic carbocycles. The molecule has 3 saturated heterocycles. The molecule has 4 heteroatoms. The van der Waals surface area contributed by atoms with E-state index < -0.39 is 0 Å². The molecular formula is C16H29N3O. The number of hydrogen-bond donors (Lipinski definition) is 1. The van der Waals surface area contributed by atoms with E-state index >= 15 is 0 Å². The molecule has 0 aromatic heterocycles. The van der Waals surface area contributed by atoms with Gasteiger partial charge in [0.15, 0.2) is 0 Å². The average molecular weight is 279 g/mol. The summed E-state index contributed by atoms with van der Waals surface area (Å²) < 4.78 is 0. The third-order valence-electron chi connectivity index (χ3n) is 5.34. The summed E-state index contributed by atoms with van der Waals surface area (Å²) in [5.74, 6) is 0.978. The normalized spacial score (nSPS) is 29.8. The lowest BCUT2D eigenvalue weighted by molar-refractivity contribution is -0.133. The zero-order valence-electron chi connectivity index (χ0n) is 12.6. The molecule has 0 spiro atoms. The number of nitrogens with zero attached hydrogens (tertiary/aromatic N) is 2. The van der Waals surface area contributed by atoms with E-state index in [9.17, 15) is 4.79 Å². The minimum absolute atomic E-state index is 0.401. The molecule has 0 radical (unpaired) electrons. The lowest BCUT2D eigenvalue weighted by Crippen LogP contribution is -2.46. The molecule has 3 rings (SSSR count). The van der Waals surface area contributed by atoms with Gasteiger partial charge in [-0.15, -0.1) is 0 Å². The third-order valence-corrected chi connectivity index (χ3v) is 5.34. The lowest BCUT2D eigenvalue weighted by Gasteiger charge is -2.37. The van der Waals surface area contributed by atoms with Crippen molar-refractivity contribution in [3.05, 3.63) is 0 Å². The van der Waals surface area contributed by atoms with Crippen LogP contribution >= 0.6 is 0 Å². The predicted octanol–water partition coefficient (Wildman–Crippen LogP) is 1.46. The van der Waals surface area contributed by atoms with Crippen molar-refractivity contribution in [3.8, 4) is 0 Å². The number of piperidine rings is 2. The van der Waals surface area contributed by atoms with Gasteiger partial charge in [-0.1, -0.05) is 0 Å². The van der Waals surface area contributed by atoms with Crippen molar-refractivity contribution >= 4 is 5.91 Å². The van der Waals surface area contributed by atoms with Crippen molar-refractivity contribution in [1.82, 2.24) is 15.1 Å². The van der Waals surface area contributed by atoms with Gasteiger partial charge in [0.1, 0.15) is 0 Å². The molecule has 3 heterocycles. The minimum Gasteiger partial charge on any atom is -0.343 e. The summed E-state index contributed by atoms with van der Waals surface area (Å²) in [5.41, 5.74) is 0. The zero-order valence-corrected chi connectivity index (χ0v) is 12.6. The van der Waals surface area contributed by atoms with E-state index in [-0.39, 0.29) is 0 Å². The van der Waals surface area contributed by atoms with Crippen molar-refractivity contribution in [2.75, 3.05) is 39.3 Å². The van der Waals surface area contributed by atoms with E-state index in [0.717, 1.165) is 38.6 Å². The molecule has 0 bridgehead atoms. The second kappa shape index (κ2) is 6.90. The highest BCUT2D eigenvalue weighted by Gasteiger charge is 2.29. The summed E-state index contributed by atoms with van der Waals surface area (Å²) in [7, 11) is 0. The molecule has 114 valence electrons. The molecule has 1 unspecified atom stereocenters. The van der Waals surface area contributed by atoms with Gasteiger partial charge in [-0.2, -0.15) is 0 Å². The molecule has 0 aromatic rings.